The third kappa shape index (κ3) is 3.64. The summed E-state index contributed by atoms with van der Waals surface area (Å²) in [7, 11) is 2.07. The Hall–Kier alpha value is -1.20. The van der Waals surface area contributed by atoms with E-state index in [0.29, 0.717) is 6.04 Å². The number of hydrogen-bond acceptors (Lipinski definition) is 3. The summed E-state index contributed by atoms with van der Waals surface area (Å²) in [4.78, 5) is 2.28. The highest BCUT2D eigenvalue weighted by molar-refractivity contribution is 5.30. The lowest BCUT2D eigenvalue weighted by atomic mass is 10.0. The van der Waals surface area contributed by atoms with Crippen molar-refractivity contribution < 1.29 is 13.5 Å². The van der Waals surface area contributed by atoms with Gasteiger partial charge >= 0.3 is 6.61 Å². The molecule has 2 atom stereocenters. The number of benzene rings is 1. The monoisotopic (exact) mass is 270 g/mol. The molecule has 1 aromatic rings. The molecule has 1 N–H and O–H groups in total. The van der Waals surface area contributed by atoms with Crippen molar-refractivity contribution in [2.45, 2.75) is 32.0 Å². The summed E-state index contributed by atoms with van der Waals surface area (Å²) in [5.41, 5.74) is 0.993. The zero-order valence-electron chi connectivity index (χ0n) is 11.3. The first-order valence-corrected chi connectivity index (χ1v) is 6.55. The fourth-order valence-electron chi connectivity index (χ4n) is 2.49. The van der Waals surface area contributed by atoms with Gasteiger partial charge in [0.25, 0.3) is 0 Å². The zero-order valence-corrected chi connectivity index (χ0v) is 11.3. The van der Waals surface area contributed by atoms with Crippen molar-refractivity contribution in [3.05, 3.63) is 29.8 Å². The predicted octanol–water partition coefficient (Wildman–Crippen LogP) is 2.64. The van der Waals surface area contributed by atoms with Crippen LogP contribution in [0.15, 0.2) is 24.3 Å². The average Bonchev–Trinajstić information content (AvgIpc) is 2.90. The van der Waals surface area contributed by atoms with E-state index >= 15 is 0 Å². The Morgan fingerprint density at radius 3 is 2.84 bits per heavy atom. The van der Waals surface area contributed by atoms with Crippen molar-refractivity contribution in [1.82, 2.24) is 10.2 Å². The summed E-state index contributed by atoms with van der Waals surface area (Å²) in [6, 6.07) is 7.61. The molecule has 1 saturated heterocycles. The van der Waals surface area contributed by atoms with Crippen molar-refractivity contribution in [2.75, 3.05) is 20.1 Å². The molecule has 106 valence electrons. The molecule has 3 nitrogen and oxygen atoms in total. The van der Waals surface area contributed by atoms with Crippen molar-refractivity contribution >= 4 is 0 Å². The first-order chi connectivity index (χ1) is 9.08. The number of halogens is 2. The minimum Gasteiger partial charge on any atom is -0.435 e. The highest BCUT2D eigenvalue weighted by Crippen LogP contribution is 2.26. The van der Waals surface area contributed by atoms with Crippen molar-refractivity contribution in [3.8, 4) is 5.75 Å². The van der Waals surface area contributed by atoms with E-state index in [4.69, 9.17) is 0 Å². The van der Waals surface area contributed by atoms with Gasteiger partial charge in [-0.05, 0) is 44.6 Å². The quantitative estimate of drug-likeness (QED) is 0.890. The first kappa shape index (κ1) is 14.2. The molecule has 1 aliphatic rings. The van der Waals surface area contributed by atoms with Crippen LogP contribution in [0.2, 0.25) is 0 Å². The van der Waals surface area contributed by atoms with Gasteiger partial charge in [-0.2, -0.15) is 8.78 Å². The Morgan fingerprint density at radius 2 is 2.21 bits per heavy atom. The molecule has 0 bridgehead atoms. The molecule has 0 amide bonds. The number of likely N-dealkylation sites (N-methyl/N-ethyl adjacent to an activating group) is 1. The van der Waals surface area contributed by atoms with Gasteiger partial charge < -0.3 is 10.1 Å². The lowest BCUT2D eigenvalue weighted by Gasteiger charge is -2.30. The fourth-order valence-corrected chi connectivity index (χ4v) is 2.49. The van der Waals surface area contributed by atoms with Crippen molar-refractivity contribution in [2.24, 2.45) is 0 Å². The van der Waals surface area contributed by atoms with Crippen molar-refractivity contribution in [1.29, 1.82) is 0 Å². The molecule has 1 aromatic carbocycles. The molecular weight excluding hydrogens is 250 g/mol. The molecule has 5 heteroatoms. The van der Waals surface area contributed by atoms with E-state index in [2.05, 4.69) is 28.9 Å². The largest absolute Gasteiger partial charge is 0.435 e. The SMILES string of the molecule is CC(c1cccc(OC(F)F)c1)N(C)C1CCNC1. The van der Waals surface area contributed by atoms with Crippen LogP contribution in [0.3, 0.4) is 0 Å². The fraction of sp³-hybridized carbons (Fsp3) is 0.571. The third-order valence-electron chi connectivity index (χ3n) is 3.79. The standard InChI is InChI=1S/C14H20F2N2O/c1-10(18(2)12-6-7-17-9-12)11-4-3-5-13(8-11)19-14(15)16/h3-5,8,10,12,14,17H,6-7,9H2,1-2H3. The van der Waals surface area contributed by atoms with Gasteiger partial charge in [0.2, 0.25) is 0 Å². The number of alkyl halides is 2. The van der Waals surface area contributed by atoms with Gasteiger partial charge in [-0.1, -0.05) is 12.1 Å². The van der Waals surface area contributed by atoms with E-state index in [1.54, 1.807) is 18.2 Å². The van der Waals surface area contributed by atoms with Crippen LogP contribution >= 0.6 is 0 Å². The van der Waals surface area contributed by atoms with Gasteiger partial charge in [-0.15, -0.1) is 0 Å². The van der Waals surface area contributed by atoms with Crippen LogP contribution in [0, 0.1) is 0 Å². The molecule has 0 spiro atoms. The highest BCUT2D eigenvalue weighted by atomic mass is 19.3. The van der Waals surface area contributed by atoms with Gasteiger partial charge in [-0.25, -0.2) is 0 Å². The predicted molar refractivity (Wildman–Crippen MR) is 70.5 cm³/mol. The van der Waals surface area contributed by atoms with Gasteiger partial charge in [0, 0.05) is 18.6 Å². The molecule has 1 aliphatic heterocycles. The lowest BCUT2D eigenvalue weighted by molar-refractivity contribution is -0.0499. The van der Waals surface area contributed by atoms with Gasteiger partial charge in [0.05, 0.1) is 0 Å². The van der Waals surface area contributed by atoms with Crippen LogP contribution in [0.5, 0.6) is 5.75 Å². The van der Waals surface area contributed by atoms with Crippen LogP contribution in [0.4, 0.5) is 8.78 Å². The summed E-state index contributed by atoms with van der Waals surface area (Å²) in [6.07, 6.45) is 1.12. The Morgan fingerprint density at radius 1 is 1.42 bits per heavy atom. The second-order valence-electron chi connectivity index (χ2n) is 4.94. The van der Waals surface area contributed by atoms with Gasteiger partial charge in [0.1, 0.15) is 5.75 Å². The second kappa shape index (κ2) is 6.30. The molecule has 1 heterocycles. The smallest absolute Gasteiger partial charge is 0.387 e. The lowest BCUT2D eigenvalue weighted by Crippen LogP contribution is -2.35. The number of hydrogen-bond donors (Lipinski definition) is 1. The maximum absolute atomic E-state index is 12.2. The topological polar surface area (TPSA) is 24.5 Å². The van der Waals surface area contributed by atoms with Crippen molar-refractivity contribution in [3.63, 3.8) is 0 Å². The van der Waals surface area contributed by atoms with E-state index in [9.17, 15) is 8.78 Å². The molecule has 19 heavy (non-hydrogen) atoms. The summed E-state index contributed by atoms with van der Waals surface area (Å²) < 4.78 is 28.9. The molecular formula is C14H20F2N2O. The second-order valence-corrected chi connectivity index (χ2v) is 4.94. The summed E-state index contributed by atoms with van der Waals surface area (Å²) >= 11 is 0. The normalized spacial score (nSPS) is 21.1. The third-order valence-corrected chi connectivity index (χ3v) is 3.79. The number of rotatable bonds is 5. The Kier molecular flexibility index (Phi) is 4.71. The molecule has 1 fully saturated rings. The maximum atomic E-state index is 12.2. The average molecular weight is 270 g/mol. The minimum atomic E-state index is -2.78. The number of ether oxygens (including phenoxy) is 1. The molecule has 2 rings (SSSR count). The van der Waals surface area contributed by atoms with E-state index in [-0.39, 0.29) is 11.8 Å². The highest BCUT2D eigenvalue weighted by Gasteiger charge is 2.24. The van der Waals surface area contributed by atoms with Crippen LogP contribution < -0.4 is 10.1 Å². The van der Waals surface area contributed by atoms with E-state index in [0.717, 1.165) is 25.1 Å². The van der Waals surface area contributed by atoms with E-state index < -0.39 is 6.61 Å². The maximum Gasteiger partial charge on any atom is 0.387 e. The van der Waals surface area contributed by atoms with Gasteiger partial charge in [-0.3, -0.25) is 4.90 Å². The van der Waals surface area contributed by atoms with Crippen LogP contribution in [0.25, 0.3) is 0 Å². The summed E-state index contributed by atoms with van der Waals surface area (Å²) in [6.45, 7) is 1.33. The molecule has 0 saturated carbocycles. The van der Waals surface area contributed by atoms with E-state index in [1.807, 2.05) is 6.07 Å². The van der Waals surface area contributed by atoms with Gasteiger partial charge in [0.15, 0.2) is 0 Å². The minimum absolute atomic E-state index is 0.172. The molecule has 0 radical (unpaired) electrons. The summed E-state index contributed by atoms with van der Waals surface area (Å²) in [5, 5.41) is 3.33. The number of nitrogens with zero attached hydrogens (tertiary/aromatic N) is 1. The zero-order chi connectivity index (χ0) is 13.8. The Labute approximate surface area is 112 Å². The Bertz CT molecular complexity index is 408. The Balaban J connectivity index is 2.07. The molecule has 2 unspecified atom stereocenters. The van der Waals surface area contributed by atoms with Crippen LogP contribution in [-0.4, -0.2) is 37.7 Å². The number of nitrogens with one attached hydrogen (secondary N) is 1. The van der Waals surface area contributed by atoms with Crippen LogP contribution in [0.1, 0.15) is 24.9 Å². The van der Waals surface area contributed by atoms with E-state index in [1.165, 1.54) is 0 Å². The van der Waals surface area contributed by atoms with Crippen LogP contribution in [-0.2, 0) is 0 Å². The molecule has 0 aliphatic carbocycles. The first-order valence-electron chi connectivity index (χ1n) is 6.55. The molecule has 0 aromatic heterocycles. The summed E-state index contributed by atoms with van der Waals surface area (Å²) in [5.74, 6) is 0.220.